The van der Waals surface area contributed by atoms with Crippen molar-refractivity contribution in [3.63, 3.8) is 0 Å². The first-order valence-corrected chi connectivity index (χ1v) is 8.25. The number of nitrogens with one attached hydrogen (secondary N) is 2. The fraction of sp³-hybridized carbons (Fsp3) is 0.188. The summed E-state index contributed by atoms with van der Waals surface area (Å²) in [4.78, 5) is 22.7. The fourth-order valence-electron chi connectivity index (χ4n) is 2.08. The molecule has 0 saturated carbocycles. The lowest BCUT2D eigenvalue weighted by Crippen LogP contribution is -2.49. The van der Waals surface area contributed by atoms with Crippen LogP contribution >= 0.6 is 34.8 Å². The lowest BCUT2D eigenvalue weighted by molar-refractivity contribution is -0.384. The predicted molar refractivity (Wildman–Crippen MR) is 99.4 cm³/mol. The summed E-state index contributed by atoms with van der Waals surface area (Å²) in [5.74, 6) is -0.446. The summed E-state index contributed by atoms with van der Waals surface area (Å²) < 4.78 is -1.88. The number of nitro groups is 1. The number of benzene rings is 2. The number of carbonyl (C=O) groups excluding carboxylic acids is 1. The third kappa shape index (κ3) is 5.49. The minimum atomic E-state index is -1.88. The van der Waals surface area contributed by atoms with Crippen molar-refractivity contribution < 1.29 is 9.72 Å². The van der Waals surface area contributed by atoms with Gasteiger partial charge in [0, 0.05) is 23.4 Å². The summed E-state index contributed by atoms with van der Waals surface area (Å²) >= 11 is 17.8. The number of hydrogen-bond acceptors (Lipinski definition) is 4. The minimum absolute atomic E-state index is 0.127. The van der Waals surface area contributed by atoms with Crippen LogP contribution in [-0.4, -0.2) is 20.8 Å². The Bertz CT molecular complexity index is 793. The SMILES string of the molecule is Cc1cccc(C(=O)N[C@H](Nc2cccc([N+](=O)[O-])c2)C(Cl)(Cl)Cl)c1. The zero-order valence-electron chi connectivity index (χ0n) is 13.0. The van der Waals surface area contributed by atoms with E-state index < -0.39 is 20.8 Å². The molecule has 0 radical (unpaired) electrons. The van der Waals surface area contributed by atoms with E-state index in [-0.39, 0.29) is 5.69 Å². The second-order valence-corrected chi connectivity index (χ2v) is 7.64. The van der Waals surface area contributed by atoms with Gasteiger partial charge in [-0.05, 0) is 25.1 Å². The van der Waals surface area contributed by atoms with Crippen LogP contribution in [0.1, 0.15) is 15.9 Å². The van der Waals surface area contributed by atoms with Crippen LogP contribution in [0.4, 0.5) is 11.4 Å². The molecule has 25 heavy (non-hydrogen) atoms. The number of nitrogens with zero attached hydrogens (tertiary/aromatic N) is 1. The molecule has 2 N–H and O–H groups in total. The Labute approximate surface area is 159 Å². The summed E-state index contributed by atoms with van der Waals surface area (Å²) in [5.41, 5.74) is 1.51. The molecule has 2 rings (SSSR count). The third-order valence-corrected chi connectivity index (χ3v) is 3.91. The number of rotatable bonds is 5. The molecule has 9 heteroatoms. The summed E-state index contributed by atoms with van der Waals surface area (Å²) in [7, 11) is 0. The molecule has 2 aromatic carbocycles. The average Bonchev–Trinajstić information content (AvgIpc) is 2.53. The van der Waals surface area contributed by atoms with Gasteiger partial charge in [-0.15, -0.1) is 0 Å². The van der Waals surface area contributed by atoms with E-state index in [0.29, 0.717) is 11.3 Å². The first-order valence-electron chi connectivity index (χ1n) is 7.12. The highest BCUT2D eigenvalue weighted by molar-refractivity contribution is 6.68. The molecule has 0 fully saturated rings. The van der Waals surface area contributed by atoms with Crippen LogP contribution in [-0.2, 0) is 0 Å². The molecule has 132 valence electrons. The second-order valence-electron chi connectivity index (χ2n) is 5.27. The number of anilines is 1. The highest BCUT2D eigenvalue weighted by atomic mass is 35.6. The van der Waals surface area contributed by atoms with E-state index >= 15 is 0 Å². The van der Waals surface area contributed by atoms with Crippen LogP contribution in [0, 0.1) is 17.0 Å². The van der Waals surface area contributed by atoms with Gasteiger partial charge in [-0.2, -0.15) is 0 Å². The Morgan fingerprint density at radius 1 is 1.16 bits per heavy atom. The number of halogens is 3. The lowest BCUT2D eigenvalue weighted by Gasteiger charge is -2.27. The zero-order chi connectivity index (χ0) is 18.6. The van der Waals surface area contributed by atoms with E-state index in [1.807, 2.05) is 13.0 Å². The van der Waals surface area contributed by atoms with Crippen molar-refractivity contribution in [2.75, 3.05) is 5.32 Å². The molecule has 0 aliphatic rings. The van der Waals surface area contributed by atoms with Gasteiger partial charge in [-0.1, -0.05) is 58.6 Å². The first-order chi connectivity index (χ1) is 11.7. The van der Waals surface area contributed by atoms with Gasteiger partial charge in [0.05, 0.1) is 4.92 Å². The zero-order valence-corrected chi connectivity index (χ0v) is 15.3. The maximum absolute atomic E-state index is 12.4. The van der Waals surface area contributed by atoms with E-state index in [9.17, 15) is 14.9 Å². The van der Waals surface area contributed by atoms with Gasteiger partial charge in [0.2, 0.25) is 3.79 Å². The molecule has 0 aliphatic carbocycles. The molecule has 1 amide bonds. The molecule has 1 atom stereocenters. The standard InChI is InChI=1S/C16H14Cl3N3O3/c1-10-4-2-5-11(8-10)14(23)21-15(16(17,18)19)20-12-6-3-7-13(9-12)22(24)25/h2-9,15,20H,1H3,(H,21,23)/t15-/m0/s1. The van der Waals surface area contributed by atoms with Crippen molar-refractivity contribution in [3.05, 3.63) is 69.8 Å². The largest absolute Gasteiger partial charge is 0.362 e. The van der Waals surface area contributed by atoms with Crippen molar-refractivity contribution in [2.45, 2.75) is 16.9 Å². The summed E-state index contributed by atoms with van der Waals surface area (Å²) in [6.07, 6.45) is -1.10. The van der Waals surface area contributed by atoms with Crippen LogP contribution in [0.15, 0.2) is 48.5 Å². The molecule has 2 aromatic rings. The van der Waals surface area contributed by atoms with Crippen molar-refractivity contribution >= 4 is 52.1 Å². The van der Waals surface area contributed by atoms with Gasteiger partial charge in [-0.25, -0.2) is 0 Å². The number of carbonyl (C=O) groups is 1. The second kappa shape index (κ2) is 7.91. The van der Waals surface area contributed by atoms with Gasteiger partial charge < -0.3 is 10.6 Å². The number of alkyl halides is 3. The number of hydrogen-bond donors (Lipinski definition) is 2. The van der Waals surface area contributed by atoms with Crippen molar-refractivity contribution in [3.8, 4) is 0 Å². The Morgan fingerprint density at radius 2 is 1.84 bits per heavy atom. The molecule has 0 aromatic heterocycles. The monoisotopic (exact) mass is 401 g/mol. The Morgan fingerprint density at radius 3 is 2.44 bits per heavy atom. The van der Waals surface area contributed by atoms with Gasteiger partial charge in [0.15, 0.2) is 0 Å². The molecular formula is C16H14Cl3N3O3. The van der Waals surface area contributed by atoms with E-state index in [1.165, 1.54) is 18.2 Å². The number of amides is 1. The highest BCUT2D eigenvalue weighted by Crippen LogP contribution is 2.32. The number of nitro benzene ring substituents is 1. The van der Waals surface area contributed by atoms with E-state index in [1.54, 1.807) is 24.3 Å². The van der Waals surface area contributed by atoms with Crippen LogP contribution in [0.2, 0.25) is 0 Å². The normalized spacial score (nSPS) is 12.3. The Kier molecular flexibility index (Phi) is 6.11. The number of non-ortho nitro benzene ring substituents is 1. The summed E-state index contributed by atoms with van der Waals surface area (Å²) in [5, 5.41) is 16.2. The van der Waals surface area contributed by atoms with Gasteiger partial charge in [0.1, 0.15) is 6.17 Å². The summed E-state index contributed by atoms with van der Waals surface area (Å²) in [6, 6.07) is 12.6. The van der Waals surface area contributed by atoms with Gasteiger partial charge >= 0.3 is 0 Å². The van der Waals surface area contributed by atoms with Crippen LogP contribution in [0.5, 0.6) is 0 Å². The van der Waals surface area contributed by atoms with Gasteiger partial charge in [-0.3, -0.25) is 14.9 Å². The fourth-order valence-corrected chi connectivity index (χ4v) is 2.40. The molecule has 6 nitrogen and oxygen atoms in total. The van der Waals surface area contributed by atoms with Gasteiger partial charge in [0.25, 0.3) is 11.6 Å². The lowest BCUT2D eigenvalue weighted by atomic mass is 10.1. The van der Waals surface area contributed by atoms with E-state index in [2.05, 4.69) is 10.6 Å². The van der Waals surface area contributed by atoms with Crippen LogP contribution in [0.25, 0.3) is 0 Å². The molecule has 0 heterocycles. The first kappa shape index (κ1) is 19.3. The molecule has 0 spiro atoms. The molecule has 0 aliphatic heterocycles. The smallest absolute Gasteiger partial charge is 0.271 e. The summed E-state index contributed by atoms with van der Waals surface area (Å²) in [6.45, 7) is 1.85. The Balaban J connectivity index is 2.21. The molecule has 0 bridgehead atoms. The Hall–Kier alpha value is -2.02. The predicted octanol–water partition coefficient (Wildman–Crippen LogP) is 4.44. The topological polar surface area (TPSA) is 84.3 Å². The highest BCUT2D eigenvalue weighted by Gasteiger charge is 2.34. The van der Waals surface area contributed by atoms with Crippen molar-refractivity contribution in [2.24, 2.45) is 0 Å². The molecular weight excluding hydrogens is 389 g/mol. The van der Waals surface area contributed by atoms with E-state index in [0.717, 1.165) is 5.56 Å². The molecule has 0 unspecified atom stereocenters. The van der Waals surface area contributed by atoms with E-state index in [4.69, 9.17) is 34.8 Å². The third-order valence-electron chi connectivity index (χ3n) is 3.25. The maximum Gasteiger partial charge on any atom is 0.271 e. The number of aryl methyl sites for hydroxylation is 1. The quantitative estimate of drug-likeness (QED) is 0.335. The molecule has 0 saturated heterocycles. The van der Waals surface area contributed by atoms with Crippen LogP contribution in [0.3, 0.4) is 0 Å². The van der Waals surface area contributed by atoms with Crippen molar-refractivity contribution in [1.29, 1.82) is 0 Å². The average molecular weight is 403 g/mol. The van der Waals surface area contributed by atoms with Crippen LogP contribution < -0.4 is 10.6 Å². The van der Waals surface area contributed by atoms with Crippen molar-refractivity contribution in [1.82, 2.24) is 5.32 Å². The minimum Gasteiger partial charge on any atom is -0.362 e. The maximum atomic E-state index is 12.4.